The smallest absolute Gasteiger partial charge is 0.281 e. The van der Waals surface area contributed by atoms with Gasteiger partial charge in [-0.1, -0.05) is 35.5 Å². The molecule has 0 saturated heterocycles. The molecule has 8 heteroatoms. The topological polar surface area (TPSA) is 84.3 Å². The molecule has 0 aliphatic rings. The van der Waals surface area contributed by atoms with Gasteiger partial charge in [-0.2, -0.15) is 4.99 Å². The summed E-state index contributed by atoms with van der Waals surface area (Å²) in [4.78, 5) is 20.8. The Morgan fingerprint density at radius 2 is 2.07 bits per heavy atom. The van der Waals surface area contributed by atoms with Gasteiger partial charge in [-0.25, -0.2) is 8.42 Å². The standard InChI is InChI=1S/C20H15N3O3S2/c1-3-10-23-17-9-8-13(28(2,25)26)11-18(17)27-20(23)22-19(24)15-12-21-16-7-5-4-6-14(15)16/h1,4-9,11-12,21H,10H2,2H3. The second-order valence-electron chi connectivity index (χ2n) is 6.24. The fourth-order valence-corrected chi connectivity index (χ4v) is 4.80. The van der Waals surface area contributed by atoms with Crippen LogP contribution < -0.4 is 4.80 Å². The van der Waals surface area contributed by atoms with Gasteiger partial charge in [-0.05, 0) is 24.3 Å². The van der Waals surface area contributed by atoms with E-state index in [-0.39, 0.29) is 11.4 Å². The van der Waals surface area contributed by atoms with Gasteiger partial charge in [0.2, 0.25) is 0 Å². The zero-order valence-corrected chi connectivity index (χ0v) is 16.5. The Morgan fingerprint density at radius 3 is 2.82 bits per heavy atom. The molecule has 0 atom stereocenters. The van der Waals surface area contributed by atoms with Crippen LogP contribution in [-0.2, 0) is 16.4 Å². The van der Waals surface area contributed by atoms with Gasteiger partial charge < -0.3 is 9.55 Å². The highest BCUT2D eigenvalue weighted by Gasteiger charge is 2.14. The molecule has 0 radical (unpaired) electrons. The Labute approximate surface area is 165 Å². The highest BCUT2D eigenvalue weighted by Crippen LogP contribution is 2.22. The van der Waals surface area contributed by atoms with Crippen LogP contribution in [0.25, 0.3) is 21.1 Å². The van der Waals surface area contributed by atoms with E-state index in [1.807, 2.05) is 24.3 Å². The molecule has 1 N–H and O–H groups in total. The zero-order chi connectivity index (χ0) is 19.9. The summed E-state index contributed by atoms with van der Waals surface area (Å²) in [6, 6.07) is 12.3. The molecule has 0 fully saturated rings. The molecular formula is C20H15N3O3S2. The fourth-order valence-electron chi connectivity index (χ4n) is 3.01. The first-order valence-electron chi connectivity index (χ1n) is 8.30. The molecule has 4 aromatic rings. The Kier molecular flexibility index (Phi) is 4.41. The van der Waals surface area contributed by atoms with Crippen LogP contribution in [0.1, 0.15) is 10.4 Å². The summed E-state index contributed by atoms with van der Waals surface area (Å²) in [6.45, 7) is 0.220. The first-order valence-corrected chi connectivity index (χ1v) is 11.0. The lowest BCUT2D eigenvalue weighted by molar-refractivity contribution is 0.0999. The third-order valence-corrected chi connectivity index (χ3v) is 6.50. The van der Waals surface area contributed by atoms with E-state index in [0.29, 0.717) is 15.1 Å². The minimum absolute atomic E-state index is 0.212. The molecule has 0 spiro atoms. The number of carbonyl (C=O) groups excluding carboxylic acids is 1. The largest absolute Gasteiger partial charge is 0.360 e. The van der Waals surface area contributed by atoms with Gasteiger partial charge >= 0.3 is 0 Å². The Morgan fingerprint density at radius 1 is 1.29 bits per heavy atom. The molecule has 1 amide bonds. The van der Waals surface area contributed by atoms with Gasteiger partial charge in [-0.15, -0.1) is 6.42 Å². The van der Waals surface area contributed by atoms with Gasteiger partial charge in [0.25, 0.3) is 5.91 Å². The first kappa shape index (κ1) is 18.2. The van der Waals surface area contributed by atoms with Crippen molar-refractivity contribution in [1.82, 2.24) is 9.55 Å². The number of amides is 1. The third-order valence-electron chi connectivity index (χ3n) is 4.35. The molecule has 6 nitrogen and oxygen atoms in total. The Bertz CT molecular complexity index is 1450. The van der Waals surface area contributed by atoms with Crippen molar-refractivity contribution in [3.8, 4) is 12.3 Å². The average molecular weight is 409 g/mol. The molecule has 0 aliphatic heterocycles. The van der Waals surface area contributed by atoms with Gasteiger partial charge in [0, 0.05) is 23.4 Å². The van der Waals surface area contributed by atoms with Crippen LogP contribution in [0.5, 0.6) is 0 Å². The quantitative estimate of drug-likeness (QED) is 0.528. The molecule has 0 aliphatic carbocycles. The minimum Gasteiger partial charge on any atom is -0.360 e. The van der Waals surface area contributed by atoms with E-state index in [1.165, 1.54) is 17.4 Å². The highest BCUT2D eigenvalue weighted by molar-refractivity contribution is 7.90. The molecule has 0 bridgehead atoms. The summed E-state index contributed by atoms with van der Waals surface area (Å²) in [6.07, 6.45) is 8.28. The van der Waals surface area contributed by atoms with Crippen molar-refractivity contribution in [3.05, 3.63) is 59.0 Å². The van der Waals surface area contributed by atoms with E-state index in [4.69, 9.17) is 6.42 Å². The van der Waals surface area contributed by atoms with Crippen molar-refractivity contribution in [2.45, 2.75) is 11.4 Å². The number of aromatic amines is 1. The monoisotopic (exact) mass is 409 g/mol. The SMILES string of the molecule is C#CCn1c(=NC(=O)c2c[nH]c3ccccc23)sc2cc(S(C)(=O)=O)ccc21. The second kappa shape index (κ2) is 6.78. The Hall–Kier alpha value is -3.15. The predicted octanol–water partition coefficient (Wildman–Crippen LogP) is 2.96. The molecule has 0 unspecified atom stereocenters. The number of benzene rings is 2. The number of fused-ring (bicyclic) bond motifs is 2. The van der Waals surface area contributed by atoms with E-state index >= 15 is 0 Å². The number of hydrogen-bond donors (Lipinski definition) is 1. The summed E-state index contributed by atoms with van der Waals surface area (Å²) in [5, 5.41) is 0.792. The van der Waals surface area contributed by atoms with Gasteiger partial charge in [0.05, 0.1) is 27.2 Å². The van der Waals surface area contributed by atoms with Crippen molar-refractivity contribution in [1.29, 1.82) is 0 Å². The number of aromatic nitrogens is 2. The van der Waals surface area contributed by atoms with E-state index in [2.05, 4.69) is 15.9 Å². The maximum atomic E-state index is 12.8. The van der Waals surface area contributed by atoms with E-state index in [9.17, 15) is 13.2 Å². The van der Waals surface area contributed by atoms with E-state index in [1.54, 1.807) is 22.9 Å². The number of terminal acetylenes is 1. The van der Waals surface area contributed by atoms with Gasteiger partial charge in [0.1, 0.15) is 0 Å². The number of para-hydroxylation sites is 1. The highest BCUT2D eigenvalue weighted by atomic mass is 32.2. The van der Waals surface area contributed by atoms with Crippen molar-refractivity contribution in [2.24, 2.45) is 4.99 Å². The van der Waals surface area contributed by atoms with Gasteiger partial charge in [-0.3, -0.25) is 4.79 Å². The van der Waals surface area contributed by atoms with Crippen molar-refractivity contribution in [3.63, 3.8) is 0 Å². The van der Waals surface area contributed by atoms with E-state index in [0.717, 1.165) is 22.7 Å². The number of rotatable bonds is 3. The van der Waals surface area contributed by atoms with Crippen LogP contribution in [0.15, 0.2) is 58.5 Å². The maximum absolute atomic E-state index is 12.8. The summed E-state index contributed by atoms with van der Waals surface area (Å²) in [5.74, 6) is 2.17. The molecular weight excluding hydrogens is 394 g/mol. The lowest BCUT2D eigenvalue weighted by Gasteiger charge is -2.01. The molecule has 2 aromatic heterocycles. The minimum atomic E-state index is -3.34. The average Bonchev–Trinajstić information content (AvgIpc) is 3.23. The second-order valence-corrected chi connectivity index (χ2v) is 9.27. The number of carbonyl (C=O) groups is 1. The number of nitrogens with one attached hydrogen (secondary N) is 1. The summed E-state index contributed by atoms with van der Waals surface area (Å²) in [5.41, 5.74) is 2.06. The maximum Gasteiger partial charge on any atom is 0.281 e. The van der Waals surface area contributed by atoms with Gasteiger partial charge in [0.15, 0.2) is 14.6 Å². The molecule has 2 heterocycles. The number of nitrogens with zero attached hydrogens (tertiary/aromatic N) is 2. The van der Waals surface area contributed by atoms with E-state index < -0.39 is 15.7 Å². The van der Waals surface area contributed by atoms with Crippen LogP contribution in [0.4, 0.5) is 0 Å². The third kappa shape index (κ3) is 3.15. The van der Waals surface area contributed by atoms with Crippen LogP contribution in [0.2, 0.25) is 0 Å². The predicted molar refractivity (Wildman–Crippen MR) is 110 cm³/mol. The van der Waals surface area contributed by atoms with Crippen LogP contribution in [0, 0.1) is 12.3 Å². The van der Waals surface area contributed by atoms with Crippen molar-refractivity contribution >= 4 is 48.2 Å². The summed E-state index contributed by atoms with van der Waals surface area (Å²) >= 11 is 1.23. The lowest BCUT2D eigenvalue weighted by atomic mass is 10.2. The number of H-pyrrole nitrogens is 1. The Balaban J connectivity index is 1.90. The number of sulfone groups is 1. The van der Waals surface area contributed by atoms with Crippen LogP contribution in [-0.4, -0.2) is 30.1 Å². The number of thiazole rings is 1. The van der Waals surface area contributed by atoms with Crippen molar-refractivity contribution < 1.29 is 13.2 Å². The fraction of sp³-hybridized carbons (Fsp3) is 0.100. The molecule has 140 valence electrons. The summed E-state index contributed by atoms with van der Waals surface area (Å²) < 4.78 is 26.1. The number of hydrogen-bond acceptors (Lipinski definition) is 4. The summed E-state index contributed by atoms with van der Waals surface area (Å²) in [7, 11) is -3.34. The molecule has 0 saturated carbocycles. The van der Waals surface area contributed by atoms with Crippen LogP contribution in [0.3, 0.4) is 0 Å². The van der Waals surface area contributed by atoms with Crippen molar-refractivity contribution in [2.75, 3.05) is 6.26 Å². The molecule has 4 rings (SSSR count). The molecule has 2 aromatic carbocycles. The molecule has 28 heavy (non-hydrogen) atoms. The normalized spacial score (nSPS) is 12.5. The zero-order valence-electron chi connectivity index (χ0n) is 14.8. The lowest BCUT2D eigenvalue weighted by Crippen LogP contribution is -2.16. The van der Waals surface area contributed by atoms with Crippen LogP contribution >= 0.6 is 11.3 Å². The first-order chi connectivity index (χ1) is 13.4.